The monoisotopic (exact) mass is 650 g/mol. The molecule has 0 heterocycles. The van der Waals surface area contributed by atoms with Crippen molar-refractivity contribution in [3.8, 4) is 23.0 Å². The molecule has 0 unspecified atom stereocenters. The third kappa shape index (κ3) is 8.73. The van der Waals surface area contributed by atoms with E-state index in [1.165, 1.54) is 16.7 Å². The van der Waals surface area contributed by atoms with Crippen molar-refractivity contribution in [2.45, 2.75) is 91.9 Å². The second-order valence-corrected chi connectivity index (χ2v) is 12.9. The second-order valence-electron chi connectivity index (χ2n) is 12.9. The Labute approximate surface area is 288 Å². The first-order chi connectivity index (χ1) is 23.6. The fourth-order valence-electron chi connectivity index (χ4n) is 6.64. The van der Waals surface area contributed by atoms with Crippen LogP contribution in [0.4, 0.5) is 0 Å². The van der Waals surface area contributed by atoms with Gasteiger partial charge in [0.25, 0.3) is 0 Å². The summed E-state index contributed by atoms with van der Waals surface area (Å²) in [5, 5.41) is 9.74. The summed E-state index contributed by atoms with van der Waals surface area (Å²) in [7, 11) is 0. The predicted octanol–water partition coefficient (Wildman–Crippen LogP) is 9.44. The van der Waals surface area contributed by atoms with Crippen molar-refractivity contribution >= 4 is 0 Å². The summed E-state index contributed by atoms with van der Waals surface area (Å²) < 4.78 is 26.4. The van der Waals surface area contributed by atoms with Gasteiger partial charge in [-0.3, -0.25) is 0 Å². The summed E-state index contributed by atoms with van der Waals surface area (Å²) in [5.41, 5.74) is 10.5. The van der Waals surface area contributed by atoms with Crippen LogP contribution >= 0.6 is 0 Å². The largest absolute Gasteiger partial charge is 0.493 e. The fourth-order valence-corrected chi connectivity index (χ4v) is 6.64. The van der Waals surface area contributed by atoms with Crippen LogP contribution in [0.3, 0.4) is 0 Å². The van der Waals surface area contributed by atoms with Crippen LogP contribution < -0.4 is 18.9 Å². The second kappa shape index (κ2) is 18.0. The lowest BCUT2D eigenvalue weighted by Crippen LogP contribution is -2.10. The molecule has 8 bridgehead atoms. The van der Waals surface area contributed by atoms with Crippen molar-refractivity contribution in [2.24, 2.45) is 0 Å². The van der Waals surface area contributed by atoms with E-state index in [4.69, 9.17) is 18.9 Å². The minimum absolute atomic E-state index is 0.164. The van der Waals surface area contributed by atoms with Gasteiger partial charge >= 0.3 is 0 Å². The maximum atomic E-state index is 9.74. The molecule has 0 aliphatic heterocycles. The zero-order valence-corrected chi connectivity index (χ0v) is 29.5. The topological polar surface area (TPSA) is 57.2 Å². The Morgan fingerprint density at radius 3 is 1.04 bits per heavy atom. The highest BCUT2D eigenvalue weighted by atomic mass is 16.5. The summed E-state index contributed by atoms with van der Waals surface area (Å²) in [5.74, 6) is 3.85. The highest BCUT2D eigenvalue weighted by Gasteiger charge is 2.22. The normalized spacial score (nSPS) is 12.4. The van der Waals surface area contributed by atoms with E-state index >= 15 is 0 Å². The van der Waals surface area contributed by atoms with Crippen LogP contribution in [0.15, 0.2) is 66.7 Å². The maximum absolute atomic E-state index is 9.74. The highest BCUT2D eigenvalue weighted by molar-refractivity contribution is 5.56. The summed E-state index contributed by atoms with van der Waals surface area (Å²) in [6.45, 7) is 11.4. The number of para-hydroxylation sites is 3. The van der Waals surface area contributed by atoms with Gasteiger partial charge in [0.05, 0.1) is 26.4 Å². The molecular formula is C43H54O5. The molecule has 1 N–H and O–H groups in total. The van der Waals surface area contributed by atoms with E-state index in [0.717, 1.165) is 94.9 Å². The SMILES string of the molecule is CCCOc1c2cccc1Cc1cccc(c1OCCC)Cc1cc(CCCO)cc(c1OCCC)Cc1cccc(c1OCCC)C2. The van der Waals surface area contributed by atoms with E-state index in [-0.39, 0.29) is 6.61 Å². The van der Waals surface area contributed by atoms with Gasteiger partial charge in [0.15, 0.2) is 0 Å². The number of benzene rings is 4. The van der Waals surface area contributed by atoms with Crippen LogP contribution in [0.1, 0.15) is 110 Å². The summed E-state index contributed by atoms with van der Waals surface area (Å²) in [6, 6.07) is 24.3. The number of hydrogen-bond acceptors (Lipinski definition) is 5. The van der Waals surface area contributed by atoms with E-state index in [9.17, 15) is 5.11 Å². The van der Waals surface area contributed by atoms with Gasteiger partial charge in [-0.05, 0) is 88.6 Å². The molecule has 0 spiro atoms. The van der Waals surface area contributed by atoms with Crippen LogP contribution in [0, 0.1) is 0 Å². The first kappa shape index (κ1) is 35.3. The van der Waals surface area contributed by atoms with Crippen molar-refractivity contribution in [3.05, 3.63) is 117 Å². The number of aliphatic hydroxyl groups excluding tert-OH is 1. The van der Waals surface area contributed by atoms with Gasteiger partial charge in [0.2, 0.25) is 0 Å². The molecule has 5 heteroatoms. The summed E-state index contributed by atoms with van der Waals surface area (Å²) in [6.07, 6.45) is 8.03. The molecule has 0 fully saturated rings. The van der Waals surface area contributed by atoms with Gasteiger partial charge in [0.1, 0.15) is 23.0 Å². The highest BCUT2D eigenvalue weighted by Crippen LogP contribution is 2.39. The molecular weight excluding hydrogens is 596 g/mol. The lowest BCUT2D eigenvalue weighted by Gasteiger charge is -2.23. The molecule has 0 saturated heterocycles. The molecule has 0 radical (unpaired) electrons. The van der Waals surface area contributed by atoms with Crippen LogP contribution in [-0.2, 0) is 32.1 Å². The van der Waals surface area contributed by atoms with Gasteiger partial charge in [-0.2, -0.15) is 0 Å². The zero-order chi connectivity index (χ0) is 33.7. The van der Waals surface area contributed by atoms with Crippen molar-refractivity contribution in [1.29, 1.82) is 0 Å². The fraction of sp³-hybridized carbons (Fsp3) is 0.442. The molecule has 5 nitrogen and oxygen atoms in total. The lowest BCUT2D eigenvalue weighted by molar-refractivity contribution is 0.288. The third-order valence-corrected chi connectivity index (χ3v) is 8.79. The molecule has 1 aliphatic rings. The maximum Gasteiger partial charge on any atom is 0.126 e. The van der Waals surface area contributed by atoms with E-state index < -0.39 is 0 Å². The molecule has 4 aromatic rings. The molecule has 5 rings (SSSR count). The summed E-state index contributed by atoms with van der Waals surface area (Å²) >= 11 is 0. The number of ether oxygens (including phenoxy) is 4. The number of hydrogen-bond donors (Lipinski definition) is 1. The number of rotatable bonds is 15. The number of fused-ring (bicyclic) bond motifs is 8. The van der Waals surface area contributed by atoms with Crippen LogP contribution in [-0.4, -0.2) is 38.1 Å². The number of aliphatic hydroxyl groups is 1. The Kier molecular flexibility index (Phi) is 13.2. The van der Waals surface area contributed by atoms with Crippen molar-refractivity contribution < 1.29 is 24.1 Å². The molecule has 256 valence electrons. The molecule has 0 amide bonds. The molecule has 0 atom stereocenters. The molecule has 1 aliphatic carbocycles. The van der Waals surface area contributed by atoms with E-state index in [2.05, 4.69) is 94.4 Å². The van der Waals surface area contributed by atoms with Crippen LogP contribution in [0.5, 0.6) is 23.0 Å². The van der Waals surface area contributed by atoms with Crippen molar-refractivity contribution in [3.63, 3.8) is 0 Å². The van der Waals surface area contributed by atoms with E-state index in [1.54, 1.807) is 0 Å². The first-order valence-corrected chi connectivity index (χ1v) is 18.2. The quantitative estimate of drug-likeness (QED) is 0.122. The minimum atomic E-state index is 0.164. The standard InChI is InChI=1S/C43H54O5/c1-5-21-45-40-32-14-9-15-33(40)28-35-17-11-19-37(42(35)47-23-7-3)30-39-26-31(13-12-20-44)25-38(43(39)48-24-8-4)29-36-18-10-16-34(27-32)41(36)46-22-6-2/h9-11,14-19,25-26,44H,5-8,12-13,20-24,27-30H2,1-4H3. The Morgan fingerprint density at radius 1 is 0.458 bits per heavy atom. The molecule has 48 heavy (non-hydrogen) atoms. The van der Waals surface area contributed by atoms with E-state index in [0.29, 0.717) is 52.1 Å². The van der Waals surface area contributed by atoms with Gasteiger partial charge in [-0.15, -0.1) is 0 Å². The van der Waals surface area contributed by atoms with Crippen molar-refractivity contribution in [2.75, 3.05) is 33.0 Å². The molecule has 0 aromatic heterocycles. The zero-order valence-electron chi connectivity index (χ0n) is 29.5. The van der Waals surface area contributed by atoms with Gasteiger partial charge in [-0.25, -0.2) is 0 Å². The van der Waals surface area contributed by atoms with Gasteiger partial charge in [0, 0.05) is 32.3 Å². The Morgan fingerprint density at radius 2 is 0.750 bits per heavy atom. The summed E-state index contributed by atoms with van der Waals surface area (Å²) in [4.78, 5) is 0. The van der Waals surface area contributed by atoms with Crippen LogP contribution in [0.2, 0.25) is 0 Å². The van der Waals surface area contributed by atoms with Gasteiger partial charge < -0.3 is 24.1 Å². The van der Waals surface area contributed by atoms with E-state index in [1.807, 2.05) is 0 Å². The third-order valence-electron chi connectivity index (χ3n) is 8.79. The average molecular weight is 651 g/mol. The lowest BCUT2D eigenvalue weighted by atomic mass is 9.90. The Hall–Kier alpha value is -3.96. The van der Waals surface area contributed by atoms with Gasteiger partial charge in [-0.1, -0.05) is 94.4 Å². The molecule has 4 aromatic carbocycles. The predicted molar refractivity (Wildman–Crippen MR) is 196 cm³/mol. The average Bonchev–Trinajstić information content (AvgIpc) is 3.09. The Balaban J connectivity index is 1.78. The first-order valence-electron chi connectivity index (χ1n) is 18.2. The smallest absolute Gasteiger partial charge is 0.126 e. The molecule has 0 saturated carbocycles. The van der Waals surface area contributed by atoms with Crippen molar-refractivity contribution in [1.82, 2.24) is 0 Å². The minimum Gasteiger partial charge on any atom is -0.493 e. The Bertz CT molecular complexity index is 1520. The number of aryl methyl sites for hydroxylation is 1. The van der Waals surface area contributed by atoms with Crippen LogP contribution in [0.25, 0.3) is 0 Å².